The fraction of sp³-hybridized carbons (Fsp3) is 0.364. The van der Waals surface area contributed by atoms with Crippen LogP contribution in [0.5, 0.6) is 11.5 Å². The molecule has 0 unspecified atom stereocenters. The van der Waals surface area contributed by atoms with E-state index >= 15 is 0 Å². The van der Waals surface area contributed by atoms with E-state index in [0.717, 1.165) is 5.56 Å². The van der Waals surface area contributed by atoms with Gasteiger partial charge in [0.25, 0.3) is 0 Å². The number of hydrogen-bond acceptors (Lipinski definition) is 4. The van der Waals surface area contributed by atoms with Gasteiger partial charge in [-0.1, -0.05) is 18.2 Å². The highest BCUT2D eigenvalue weighted by atomic mass is 16.6. The van der Waals surface area contributed by atoms with E-state index in [1.165, 1.54) is 0 Å². The molecule has 148 valence electrons. The Morgan fingerprint density at radius 2 is 1.43 bits per heavy atom. The summed E-state index contributed by atoms with van der Waals surface area (Å²) in [5.74, 6) is 0.256. The predicted octanol–water partition coefficient (Wildman–Crippen LogP) is 3.74. The summed E-state index contributed by atoms with van der Waals surface area (Å²) in [5.41, 5.74) is 0.310. The molecule has 1 amide bonds. The maximum atomic E-state index is 12.9. The maximum absolute atomic E-state index is 12.9. The number of aliphatic carboxylic acids is 1. The van der Waals surface area contributed by atoms with Crippen molar-refractivity contribution in [1.82, 2.24) is 0 Å². The summed E-state index contributed by atoms with van der Waals surface area (Å²) in [6.07, 6.45) is 0. The summed E-state index contributed by atoms with van der Waals surface area (Å²) < 4.78 is 11.2. The zero-order valence-electron chi connectivity index (χ0n) is 16.5. The number of carboxylic acid groups (broad SMARTS) is 1. The lowest BCUT2D eigenvalue weighted by molar-refractivity contribution is -0.142. The number of benzene rings is 2. The van der Waals surface area contributed by atoms with E-state index in [2.05, 4.69) is 5.32 Å². The van der Waals surface area contributed by atoms with Crippen molar-refractivity contribution in [1.29, 1.82) is 0 Å². The SMILES string of the molecule is CC(C)(C(=O)O)c1ccc(NC(=O)C(C)(C)c2ccc3c(c2)OCCO3)cc1. The molecule has 0 atom stereocenters. The molecule has 0 spiro atoms. The van der Waals surface area contributed by atoms with Gasteiger partial charge in [-0.2, -0.15) is 0 Å². The number of nitrogens with one attached hydrogen (secondary N) is 1. The van der Waals surface area contributed by atoms with E-state index in [-0.39, 0.29) is 5.91 Å². The molecule has 3 rings (SSSR count). The van der Waals surface area contributed by atoms with Crippen LogP contribution in [0, 0.1) is 0 Å². The second-order valence-corrected chi connectivity index (χ2v) is 7.95. The molecule has 2 aromatic rings. The number of anilines is 1. The maximum Gasteiger partial charge on any atom is 0.313 e. The third-order valence-corrected chi connectivity index (χ3v) is 5.23. The highest BCUT2D eigenvalue weighted by molar-refractivity contribution is 5.98. The quantitative estimate of drug-likeness (QED) is 0.822. The molecule has 0 saturated carbocycles. The van der Waals surface area contributed by atoms with Crippen LogP contribution in [-0.4, -0.2) is 30.2 Å². The van der Waals surface area contributed by atoms with Crippen molar-refractivity contribution in [2.75, 3.05) is 18.5 Å². The van der Waals surface area contributed by atoms with Gasteiger partial charge in [-0.15, -0.1) is 0 Å². The molecule has 6 heteroatoms. The van der Waals surface area contributed by atoms with Gasteiger partial charge >= 0.3 is 5.97 Å². The molecule has 6 nitrogen and oxygen atoms in total. The normalized spacial score (nSPS) is 13.7. The van der Waals surface area contributed by atoms with Crippen LogP contribution in [0.2, 0.25) is 0 Å². The molecular formula is C22H25NO5. The Balaban J connectivity index is 1.77. The van der Waals surface area contributed by atoms with Crippen molar-refractivity contribution in [2.45, 2.75) is 38.5 Å². The summed E-state index contributed by atoms with van der Waals surface area (Å²) in [6.45, 7) is 7.99. The van der Waals surface area contributed by atoms with Gasteiger partial charge in [0.05, 0.1) is 10.8 Å². The summed E-state index contributed by atoms with van der Waals surface area (Å²) >= 11 is 0. The Labute approximate surface area is 164 Å². The van der Waals surface area contributed by atoms with Crippen LogP contribution in [0.3, 0.4) is 0 Å². The molecular weight excluding hydrogens is 358 g/mol. The first-order valence-corrected chi connectivity index (χ1v) is 9.18. The van der Waals surface area contributed by atoms with Gasteiger partial charge in [0.1, 0.15) is 13.2 Å². The van der Waals surface area contributed by atoms with Gasteiger partial charge in [-0.25, -0.2) is 0 Å². The largest absolute Gasteiger partial charge is 0.486 e. The minimum atomic E-state index is -0.993. The minimum absolute atomic E-state index is 0.172. The van der Waals surface area contributed by atoms with Crippen molar-refractivity contribution in [3.8, 4) is 11.5 Å². The van der Waals surface area contributed by atoms with E-state index in [4.69, 9.17) is 9.47 Å². The molecule has 0 aliphatic carbocycles. The Kier molecular flexibility index (Phi) is 5.06. The minimum Gasteiger partial charge on any atom is -0.486 e. The lowest BCUT2D eigenvalue weighted by Crippen LogP contribution is -2.35. The Hall–Kier alpha value is -3.02. The van der Waals surface area contributed by atoms with Crippen molar-refractivity contribution in [3.05, 3.63) is 53.6 Å². The molecule has 0 bridgehead atoms. The molecule has 0 saturated heterocycles. The van der Waals surface area contributed by atoms with Crippen molar-refractivity contribution < 1.29 is 24.2 Å². The zero-order chi connectivity index (χ0) is 20.5. The van der Waals surface area contributed by atoms with Crippen LogP contribution < -0.4 is 14.8 Å². The number of carbonyl (C=O) groups is 2. The number of carboxylic acids is 1. The molecule has 0 fully saturated rings. The summed E-state index contributed by atoms with van der Waals surface area (Å²) in [6, 6.07) is 12.4. The van der Waals surface area contributed by atoms with Gasteiger partial charge in [0.15, 0.2) is 11.5 Å². The van der Waals surface area contributed by atoms with Crippen LogP contribution in [0.4, 0.5) is 5.69 Å². The Morgan fingerprint density at radius 1 is 0.857 bits per heavy atom. The number of rotatable bonds is 5. The third-order valence-electron chi connectivity index (χ3n) is 5.23. The Bertz CT molecular complexity index is 900. The molecule has 0 radical (unpaired) electrons. The molecule has 28 heavy (non-hydrogen) atoms. The van der Waals surface area contributed by atoms with Crippen LogP contribution >= 0.6 is 0 Å². The number of amides is 1. The first-order valence-electron chi connectivity index (χ1n) is 9.18. The summed E-state index contributed by atoms with van der Waals surface area (Å²) in [7, 11) is 0. The van der Waals surface area contributed by atoms with Crippen molar-refractivity contribution >= 4 is 17.6 Å². The molecule has 2 N–H and O–H groups in total. The summed E-state index contributed by atoms with van der Waals surface area (Å²) in [5, 5.41) is 12.2. The number of fused-ring (bicyclic) bond motifs is 1. The topological polar surface area (TPSA) is 84.9 Å². The fourth-order valence-electron chi connectivity index (χ4n) is 2.94. The van der Waals surface area contributed by atoms with Gasteiger partial charge in [0, 0.05) is 5.69 Å². The van der Waals surface area contributed by atoms with Crippen molar-refractivity contribution in [2.24, 2.45) is 0 Å². The monoisotopic (exact) mass is 383 g/mol. The van der Waals surface area contributed by atoms with Gasteiger partial charge < -0.3 is 19.9 Å². The Morgan fingerprint density at radius 3 is 2.04 bits per heavy atom. The number of carbonyl (C=O) groups excluding carboxylic acids is 1. The van der Waals surface area contributed by atoms with E-state index in [1.807, 2.05) is 32.0 Å². The van der Waals surface area contributed by atoms with Gasteiger partial charge in [-0.05, 0) is 63.1 Å². The van der Waals surface area contributed by atoms with Crippen LogP contribution in [0.15, 0.2) is 42.5 Å². The molecule has 1 aliphatic rings. The zero-order valence-corrected chi connectivity index (χ0v) is 16.5. The van der Waals surface area contributed by atoms with Crippen LogP contribution in [0.1, 0.15) is 38.8 Å². The highest BCUT2D eigenvalue weighted by Crippen LogP contribution is 2.35. The van der Waals surface area contributed by atoms with E-state index in [1.54, 1.807) is 38.1 Å². The summed E-state index contributed by atoms with van der Waals surface area (Å²) in [4.78, 5) is 24.3. The average Bonchev–Trinajstić information content (AvgIpc) is 2.67. The lowest BCUT2D eigenvalue weighted by Gasteiger charge is -2.27. The number of ether oxygens (including phenoxy) is 2. The molecule has 2 aromatic carbocycles. The van der Waals surface area contributed by atoms with E-state index in [9.17, 15) is 14.7 Å². The lowest BCUT2D eigenvalue weighted by atomic mass is 9.83. The average molecular weight is 383 g/mol. The number of hydrogen-bond donors (Lipinski definition) is 2. The smallest absolute Gasteiger partial charge is 0.313 e. The van der Waals surface area contributed by atoms with E-state index in [0.29, 0.717) is 36.0 Å². The van der Waals surface area contributed by atoms with E-state index < -0.39 is 16.8 Å². The van der Waals surface area contributed by atoms with Gasteiger partial charge in [0.2, 0.25) is 5.91 Å². The first kappa shape index (κ1) is 19.7. The fourth-order valence-corrected chi connectivity index (χ4v) is 2.94. The third kappa shape index (κ3) is 3.67. The van der Waals surface area contributed by atoms with Crippen molar-refractivity contribution in [3.63, 3.8) is 0 Å². The standard InChI is InChI=1S/C22H25NO5/c1-21(2,15-7-10-17-18(13-15)28-12-11-27-17)19(24)23-16-8-5-14(6-9-16)22(3,4)20(25)26/h5-10,13H,11-12H2,1-4H3,(H,23,24)(H,25,26). The predicted molar refractivity (Wildman–Crippen MR) is 106 cm³/mol. The molecule has 1 heterocycles. The highest BCUT2D eigenvalue weighted by Gasteiger charge is 2.32. The van der Waals surface area contributed by atoms with Crippen LogP contribution in [-0.2, 0) is 20.4 Å². The second kappa shape index (κ2) is 7.19. The second-order valence-electron chi connectivity index (χ2n) is 7.95. The van der Waals surface area contributed by atoms with Crippen LogP contribution in [0.25, 0.3) is 0 Å². The van der Waals surface area contributed by atoms with Gasteiger partial charge in [-0.3, -0.25) is 9.59 Å². The molecule has 1 aliphatic heterocycles. The molecule has 0 aromatic heterocycles. The first-order chi connectivity index (χ1) is 13.1.